The van der Waals surface area contributed by atoms with Crippen LogP contribution in [0.4, 0.5) is 0 Å². The molecule has 0 fully saturated rings. The Balaban J connectivity index is 2.67. The van der Waals surface area contributed by atoms with Gasteiger partial charge in [-0.15, -0.1) is 0 Å². The molecule has 0 aliphatic heterocycles. The molecule has 2 aromatic rings. The summed E-state index contributed by atoms with van der Waals surface area (Å²) in [6.07, 6.45) is 0.818. The van der Waals surface area contributed by atoms with Gasteiger partial charge in [-0.25, -0.2) is 4.98 Å². The molecule has 3 heteroatoms. The van der Waals surface area contributed by atoms with Crippen LogP contribution < -0.4 is 5.73 Å². The van der Waals surface area contributed by atoms with Crippen LogP contribution in [0.2, 0.25) is 0 Å². The second kappa shape index (κ2) is 3.18. The minimum atomic E-state index is 0.507. The van der Waals surface area contributed by atoms with E-state index in [2.05, 4.69) is 4.98 Å². The van der Waals surface area contributed by atoms with Crippen molar-refractivity contribution in [3.63, 3.8) is 0 Å². The Morgan fingerprint density at radius 2 is 2.31 bits per heavy atom. The van der Waals surface area contributed by atoms with E-state index in [1.807, 2.05) is 25.1 Å². The lowest BCUT2D eigenvalue weighted by Crippen LogP contribution is -1.96. The van der Waals surface area contributed by atoms with E-state index in [-0.39, 0.29) is 0 Å². The highest BCUT2D eigenvalue weighted by molar-refractivity contribution is 5.76. The third-order valence-electron chi connectivity index (χ3n) is 2.07. The highest BCUT2D eigenvalue weighted by Crippen LogP contribution is 2.19. The number of rotatable bonds is 2. The van der Waals surface area contributed by atoms with E-state index in [0.29, 0.717) is 6.54 Å². The van der Waals surface area contributed by atoms with E-state index in [0.717, 1.165) is 29.0 Å². The minimum absolute atomic E-state index is 0.507. The van der Waals surface area contributed by atoms with Crippen molar-refractivity contribution < 1.29 is 4.42 Å². The quantitative estimate of drug-likeness (QED) is 0.759. The molecule has 0 radical (unpaired) electrons. The first-order valence-corrected chi connectivity index (χ1v) is 4.42. The zero-order valence-corrected chi connectivity index (χ0v) is 7.58. The fourth-order valence-corrected chi connectivity index (χ4v) is 1.37. The molecule has 0 amide bonds. The molecule has 3 nitrogen and oxygen atoms in total. The summed E-state index contributed by atoms with van der Waals surface area (Å²) in [4.78, 5) is 4.36. The maximum absolute atomic E-state index is 5.58. The van der Waals surface area contributed by atoms with Crippen molar-refractivity contribution in [1.82, 2.24) is 4.98 Å². The molecule has 0 saturated heterocycles. The first-order valence-electron chi connectivity index (χ1n) is 4.42. The van der Waals surface area contributed by atoms with E-state index >= 15 is 0 Å². The van der Waals surface area contributed by atoms with E-state index in [9.17, 15) is 0 Å². The van der Waals surface area contributed by atoms with Gasteiger partial charge >= 0.3 is 0 Å². The van der Waals surface area contributed by atoms with Crippen molar-refractivity contribution in [2.75, 3.05) is 0 Å². The summed E-state index contributed by atoms with van der Waals surface area (Å²) in [7, 11) is 0. The summed E-state index contributed by atoms with van der Waals surface area (Å²) >= 11 is 0. The van der Waals surface area contributed by atoms with Gasteiger partial charge in [0, 0.05) is 13.0 Å². The summed E-state index contributed by atoms with van der Waals surface area (Å²) in [5.74, 6) is 0.774. The van der Waals surface area contributed by atoms with Crippen molar-refractivity contribution in [2.24, 2.45) is 5.73 Å². The van der Waals surface area contributed by atoms with Crippen LogP contribution in [0.15, 0.2) is 22.6 Å². The molecule has 0 aliphatic carbocycles. The number of hydrogen-bond acceptors (Lipinski definition) is 3. The molecule has 0 spiro atoms. The molecule has 0 atom stereocenters. The number of aryl methyl sites for hydroxylation is 1. The molecule has 2 N–H and O–H groups in total. The van der Waals surface area contributed by atoms with Crippen LogP contribution in [0.1, 0.15) is 18.4 Å². The van der Waals surface area contributed by atoms with Gasteiger partial charge in [-0.2, -0.15) is 0 Å². The molecular weight excluding hydrogens is 164 g/mol. The molecule has 2 rings (SSSR count). The maximum atomic E-state index is 5.58. The fourth-order valence-electron chi connectivity index (χ4n) is 1.37. The van der Waals surface area contributed by atoms with Gasteiger partial charge in [-0.3, -0.25) is 0 Å². The summed E-state index contributed by atoms with van der Waals surface area (Å²) in [6.45, 7) is 2.53. The third kappa shape index (κ3) is 1.31. The van der Waals surface area contributed by atoms with Gasteiger partial charge in [0.15, 0.2) is 11.5 Å². The maximum Gasteiger partial charge on any atom is 0.195 e. The summed E-state index contributed by atoms with van der Waals surface area (Å²) in [5.41, 5.74) is 8.37. The number of fused-ring (bicyclic) bond motifs is 1. The molecule has 0 bridgehead atoms. The predicted octanol–water partition coefficient (Wildman–Crippen LogP) is 1.85. The molecule has 13 heavy (non-hydrogen) atoms. The van der Waals surface area contributed by atoms with Gasteiger partial charge in [0.2, 0.25) is 0 Å². The number of hydrogen-bond donors (Lipinski definition) is 1. The molecule has 68 valence electrons. The Morgan fingerprint density at radius 1 is 1.46 bits per heavy atom. The molecule has 1 heterocycles. The highest BCUT2D eigenvalue weighted by atomic mass is 16.3. The molecular formula is C10H12N2O. The van der Waals surface area contributed by atoms with E-state index in [1.54, 1.807) is 0 Å². The topological polar surface area (TPSA) is 52.0 Å². The largest absolute Gasteiger partial charge is 0.441 e. The van der Waals surface area contributed by atoms with Crippen LogP contribution in [-0.4, -0.2) is 4.98 Å². The van der Waals surface area contributed by atoms with Gasteiger partial charge in [0.25, 0.3) is 0 Å². The zero-order chi connectivity index (χ0) is 9.26. The SMILES string of the molecule is CCc1nc2c(CN)cccc2o1. The number of benzene rings is 1. The first-order chi connectivity index (χ1) is 6.35. The van der Waals surface area contributed by atoms with Crippen molar-refractivity contribution in [2.45, 2.75) is 19.9 Å². The number of nitrogens with two attached hydrogens (primary N) is 1. The van der Waals surface area contributed by atoms with Gasteiger partial charge < -0.3 is 10.2 Å². The van der Waals surface area contributed by atoms with Crippen LogP contribution in [0.3, 0.4) is 0 Å². The lowest BCUT2D eigenvalue weighted by atomic mass is 10.2. The highest BCUT2D eigenvalue weighted by Gasteiger charge is 2.06. The number of aromatic nitrogens is 1. The first kappa shape index (κ1) is 8.26. The minimum Gasteiger partial charge on any atom is -0.441 e. The third-order valence-corrected chi connectivity index (χ3v) is 2.07. The van der Waals surface area contributed by atoms with Crippen LogP contribution >= 0.6 is 0 Å². The van der Waals surface area contributed by atoms with Crippen LogP contribution in [0, 0.1) is 0 Å². The summed E-state index contributed by atoms with van der Waals surface area (Å²) < 4.78 is 5.49. The Bertz CT molecular complexity index is 420. The van der Waals surface area contributed by atoms with Gasteiger partial charge in [0.05, 0.1) is 0 Å². The van der Waals surface area contributed by atoms with Gasteiger partial charge in [-0.1, -0.05) is 19.1 Å². The lowest BCUT2D eigenvalue weighted by Gasteiger charge is -1.94. The fraction of sp³-hybridized carbons (Fsp3) is 0.300. The smallest absolute Gasteiger partial charge is 0.195 e. The van der Waals surface area contributed by atoms with Gasteiger partial charge in [0.1, 0.15) is 5.52 Å². The second-order valence-corrected chi connectivity index (χ2v) is 2.93. The predicted molar refractivity (Wildman–Crippen MR) is 51.3 cm³/mol. The average molecular weight is 176 g/mol. The van der Waals surface area contributed by atoms with Crippen molar-refractivity contribution in [3.05, 3.63) is 29.7 Å². The molecule has 0 aliphatic rings. The Kier molecular flexibility index (Phi) is 2.02. The van der Waals surface area contributed by atoms with E-state index in [1.165, 1.54) is 0 Å². The molecule has 1 aromatic carbocycles. The molecule has 0 unspecified atom stereocenters. The van der Waals surface area contributed by atoms with Crippen molar-refractivity contribution >= 4 is 11.1 Å². The van der Waals surface area contributed by atoms with Crippen LogP contribution in [0.5, 0.6) is 0 Å². The summed E-state index contributed by atoms with van der Waals surface area (Å²) in [6, 6.07) is 5.83. The van der Waals surface area contributed by atoms with Gasteiger partial charge in [-0.05, 0) is 11.6 Å². The van der Waals surface area contributed by atoms with Crippen molar-refractivity contribution in [1.29, 1.82) is 0 Å². The number of oxazole rings is 1. The summed E-state index contributed by atoms with van der Waals surface area (Å²) in [5, 5.41) is 0. The monoisotopic (exact) mass is 176 g/mol. The standard InChI is InChI=1S/C10H12N2O/c1-2-9-12-10-7(6-11)4-3-5-8(10)13-9/h3-5H,2,6,11H2,1H3. The van der Waals surface area contributed by atoms with Crippen molar-refractivity contribution in [3.8, 4) is 0 Å². The number of nitrogens with zero attached hydrogens (tertiary/aromatic N) is 1. The van der Waals surface area contributed by atoms with E-state index in [4.69, 9.17) is 10.2 Å². The zero-order valence-electron chi connectivity index (χ0n) is 7.58. The van der Waals surface area contributed by atoms with Crippen LogP contribution in [0.25, 0.3) is 11.1 Å². The molecule has 0 saturated carbocycles. The normalized spacial score (nSPS) is 10.9. The lowest BCUT2D eigenvalue weighted by molar-refractivity contribution is 0.538. The average Bonchev–Trinajstić information content (AvgIpc) is 2.59. The van der Waals surface area contributed by atoms with E-state index < -0.39 is 0 Å². The Hall–Kier alpha value is -1.35. The molecule has 1 aromatic heterocycles. The second-order valence-electron chi connectivity index (χ2n) is 2.93. The number of para-hydroxylation sites is 1. The Morgan fingerprint density at radius 3 is 3.00 bits per heavy atom. The Labute approximate surface area is 76.6 Å². The van der Waals surface area contributed by atoms with Crippen LogP contribution in [-0.2, 0) is 13.0 Å².